The van der Waals surface area contributed by atoms with Gasteiger partial charge < -0.3 is 5.11 Å². The number of rotatable bonds is 1. The van der Waals surface area contributed by atoms with Crippen LogP contribution in [0.2, 0.25) is 0 Å². The summed E-state index contributed by atoms with van der Waals surface area (Å²) in [5.74, 6) is 0.0724. The standard InChI is InChI=1S/C9H8N2O2/c1-5(12)9-7-3-2-6(13)4-8(7)10-11-9/h2-4,13H,1H3,(H,10,11). The zero-order chi connectivity index (χ0) is 9.42. The van der Waals surface area contributed by atoms with Crippen LogP contribution >= 0.6 is 0 Å². The molecule has 0 atom stereocenters. The number of carbonyl (C=O) groups excluding carboxylic acids is 1. The van der Waals surface area contributed by atoms with Gasteiger partial charge in [0.25, 0.3) is 0 Å². The van der Waals surface area contributed by atoms with E-state index in [1.165, 1.54) is 19.1 Å². The molecule has 13 heavy (non-hydrogen) atoms. The number of aromatic amines is 1. The fourth-order valence-electron chi connectivity index (χ4n) is 1.28. The lowest BCUT2D eigenvalue weighted by Crippen LogP contribution is -1.91. The molecule has 0 spiro atoms. The van der Waals surface area contributed by atoms with Crippen molar-refractivity contribution in [1.29, 1.82) is 0 Å². The van der Waals surface area contributed by atoms with Crippen molar-refractivity contribution in [2.45, 2.75) is 6.92 Å². The summed E-state index contributed by atoms with van der Waals surface area (Å²) in [5, 5.41) is 16.4. The van der Waals surface area contributed by atoms with E-state index in [-0.39, 0.29) is 11.5 Å². The minimum absolute atomic E-state index is 0.0862. The first kappa shape index (κ1) is 7.79. The SMILES string of the molecule is CC(=O)c1n[nH]c2cc(O)ccc12. The third-order valence-corrected chi connectivity index (χ3v) is 1.88. The fraction of sp³-hybridized carbons (Fsp3) is 0.111. The molecule has 1 aromatic heterocycles. The Morgan fingerprint density at radius 2 is 2.31 bits per heavy atom. The highest BCUT2D eigenvalue weighted by molar-refractivity contribution is 6.04. The Morgan fingerprint density at radius 1 is 1.54 bits per heavy atom. The highest BCUT2D eigenvalue weighted by Gasteiger charge is 2.09. The van der Waals surface area contributed by atoms with E-state index < -0.39 is 0 Å². The molecule has 0 bridgehead atoms. The van der Waals surface area contributed by atoms with Gasteiger partial charge in [-0.25, -0.2) is 0 Å². The van der Waals surface area contributed by atoms with Gasteiger partial charge in [0.05, 0.1) is 5.52 Å². The van der Waals surface area contributed by atoms with Crippen LogP contribution in [0.4, 0.5) is 0 Å². The van der Waals surface area contributed by atoms with Gasteiger partial charge in [0.1, 0.15) is 11.4 Å². The molecule has 1 heterocycles. The lowest BCUT2D eigenvalue weighted by Gasteiger charge is -1.91. The third kappa shape index (κ3) is 1.16. The maximum atomic E-state index is 11.1. The third-order valence-electron chi connectivity index (χ3n) is 1.88. The number of benzene rings is 1. The molecule has 0 fully saturated rings. The van der Waals surface area contributed by atoms with Crippen molar-refractivity contribution in [3.63, 3.8) is 0 Å². The van der Waals surface area contributed by atoms with Gasteiger partial charge in [-0.05, 0) is 12.1 Å². The van der Waals surface area contributed by atoms with Gasteiger partial charge in [0, 0.05) is 18.4 Å². The van der Waals surface area contributed by atoms with Gasteiger partial charge in [-0.1, -0.05) is 0 Å². The van der Waals surface area contributed by atoms with Crippen LogP contribution in [-0.4, -0.2) is 21.1 Å². The highest BCUT2D eigenvalue weighted by atomic mass is 16.3. The number of hydrogen-bond donors (Lipinski definition) is 2. The Bertz CT molecular complexity index is 473. The topological polar surface area (TPSA) is 66.0 Å². The van der Waals surface area contributed by atoms with E-state index in [0.717, 1.165) is 5.39 Å². The van der Waals surface area contributed by atoms with Gasteiger partial charge in [-0.3, -0.25) is 9.89 Å². The van der Waals surface area contributed by atoms with Crippen molar-refractivity contribution in [2.75, 3.05) is 0 Å². The Hall–Kier alpha value is -1.84. The number of fused-ring (bicyclic) bond motifs is 1. The van der Waals surface area contributed by atoms with Crippen molar-refractivity contribution < 1.29 is 9.90 Å². The summed E-state index contributed by atoms with van der Waals surface area (Å²) in [7, 11) is 0. The first-order chi connectivity index (χ1) is 6.18. The maximum absolute atomic E-state index is 11.1. The van der Waals surface area contributed by atoms with Crippen LogP contribution in [0.15, 0.2) is 18.2 Å². The summed E-state index contributed by atoms with van der Waals surface area (Å²) in [6, 6.07) is 4.74. The molecule has 0 aliphatic carbocycles. The maximum Gasteiger partial charge on any atom is 0.180 e. The van der Waals surface area contributed by atoms with Crippen molar-refractivity contribution in [1.82, 2.24) is 10.2 Å². The molecular formula is C9H8N2O2. The van der Waals surface area contributed by atoms with Crippen LogP contribution in [0.5, 0.6) is 5.75 Å². The van der Waals surface area contributed by atoms with Gasteiger partial charge in [-0.15, -0.1) is 0 Å². The van der Waals surface area contributed by atoms with Gasteiger partial charge in [0.2, 0.25) is 0 Å². The molecule has 0 saturated carbocycles. The van der Waals surface area contributed by atoms with Crippen LogP contribution in [0.1, 0.15) is 17.4 Å². The largest absolute Gasteiger partial charge is 0.508 e. The molecule has 4 nitrogen and oxygen atoms in total. The number of ketones is 1. The van der Waals surface area contributed by atoms with E-state index in [1.807, 2.05) is 0 Å². The molecule has 0 amide bonds. The lowest BCUT2D eigenvalue weighted by atomic mass is 10.1. The van der Waals surface area contributed by atoms with E-state index in [1.54, 1.807) is 6.07 Å². The number of carbonyl (C=O) groups is 1. The molecule has 2 N–H and O–H groups in total. The fourth-order valence-corrected chi connectivity index (χ4v) is 1.28. The molecular weight excluding hydrogens is 168 g/mol. The molecule has 2 aromatic rings. The summed E-state index contributed by atoms with van der Waals surface area (Å²) in [4.78, 5) is 11.1. The summed E-state index contributed by atoms with van der Waals surface area (Å²) < 4.78 is 0. The summed E-state index contributed by atoms with van der Waals surface area (Å²) >= 11 is 0. The van der Waals surface area contributed by atoms with Crippen LogP contribution < -0.4 is 0 Å². The van der Waals surface area contributed by atoms with E-state index in [4.69, 9.17) is 5.11 Å². The van der Waals surface area contributed by atoms with Crippen molar-refractivity contribution in [3.8, 4) is 5.75 Å². The molecule has 2 rings (SSSR count). The van der Waals surface area contributed by atoms with E-state index in [2.05, 4.69) is 10.2 Å². The monoisotopic (exact) mass is 176 g/mol. The number of aromatic nitrogens is 2. The quantitative estimate of drug-likeness (QED) is 0.646. The first-order valence-electron chi connectivity index (χ1n) is 3.86. The average molecular weight is 176 g/mol. The number of phenolic OH excluding ortho intramolecular Hbond substituents is 1. The normalized spacial score (nSPS) is 10.5. The lowest BCUT2D eigenvalue weighted by molar-refractivity contribution is 0.101. The Kier molecular flexibility index (Phi) is 1.55. The van der Waals surface area contributed by atoms with E-state index in [0.29, 0.717) is 11.2 Å². The number of phenols is 1. The van der Waals surface area contributed by atoms with Crippen LogP contribution in [0, 0.1) is 0 Å². The molecule has 0 radical (unpaired) electrons. The van der Waals surface area contributed by atoms with Gasteiger partial charge in [-0.2, -0.15) is 5.10 Å². The molecule has 0 aliphatic heterocycles. The van der Waals surface area contributed by atoms with Gasteiger partial charge in [0.15, 0.2) is 5.78 Å². The molecule has 4 heteroatoms. The number of Topliss-reactive ketones (excluding diaryl/α,β-unsaturated/α-hetero) is 1. The Labute approximate surface area is 74.2 Å². The predicted octanol–water partition coefficient (Wildman–Crippen LogP) is 1.47. The second kappa shape index (κ2) is 2.58. The second-order valence-corrected chi connectivity index (χ2v) is 2.86. The molecule has 1 aromatic carbocycles. The predicted molar refractivity (Wildman–Crippen MR) is 47.8 cm³/mol. The number of H-pyrrole nitrogens is 1. The summed E-state index contributed by atoms with van der Waals surface area (Å²) in [6.07, 6.45) is 0. The van der Waals surface area contributed by atoms with Crippen LogP contribution in [0.25, 0.3) is 10.9 Å². The zero-order valence-corrected chi connectivity index (χ0v) is 7.03. The van der Waals surface area contributed by atoms with Crippen molar-refractivity contribution in [2.24, 2.45) is 0 Å². The van der Waals surface area contributed by atoms with Crippen molar-refractivity contribution >= 4 is 16.7 Å². The van der Waals surface area contributed by atoms with Crippen molar-refractivity contribution in [3.05, 3.63) is 23.9 Å². The molecule has 0 aliphatic rings. The summed E-state index contributed by atoms with van der Waals surface area (Å²) in [6.45, 7) is 1.46. The highest BCUT2D eigenvalue weighted by Crippen LogP contribution is 2.20. The first-order valence-corrected chi connectivity index (χ1v) is 3.86. The number of hydrogen-bond acceptors (Lipinski definition) is 3. The van der Waals surface area contributed by atoms with Crippen LogP contribution in [-0.2, 0) is 0 Å². The number of nitrogens with zero attached hydrogens (tertiary/aromatic N) is 1. The summed E-state index contributed by atoms with van der Waals surface area (Å²) in [5.41, 5.74) is 1.08. The number of nitrogens with one attached hydrogen (secondary N) is 1. The molecule has 66 valence electrons. The zero-order valence-electron chi connectivity index (χ0n) is 7.03. The Morgan fingerprint density at radius 3 is 3.00 bits per heavy atom. The second-order valence-electron chi connectivity index (χ2n) is 2.86. The minimum Gasteiger partial charge on any atom is -0.508 e. The van der Waals surface area contributed by atoms with E-state index in [9.17, 15) is 4.79 Å². The van der Waals surface area contributed by atoms with Crippen LogP contribution in [0.3, 0.4) is 0 Å². The minimum atomic E-state index is -0.0862. The average Bonchev–Trinajstić information content (AvgIpc) is 2.46. The Balaban J connectivity index is 2.76. The smallest absolute Gasteiger partial charge is 0.180 e. The van der Waals surface area contributed by atoms with E-state index >= 15 is 0 Å². The number of aromatic hydroxyl groups is 1. The molecule has 0 unspecified atom stereocenters. The molecule has 0 saturated heterocycles. The van der Waals surface area contributed by atoms with Gasteiger partial charge >= 0.3 is 0 Å².